The molecule has 2 aromatic heterocycles. The second-order valence-corrected chi connectivity index (χ2v) is 3.40. The van der Waals surface area contributed by atoms with Gasteiger partial charge < -0.3 is 5.73 Å². The Hall–Kier alpha value is -1.42. The third-order valence-electron chi connectivity index (χ3n) is 2.31. The maximum Gasteiger partial charge on any atom is 0.161 e. The van der Waals surface area contributed by atoms with Gasteiger partial charge in [0.2, 0.25) is 0 Å². The van der Waals surface area contributed by atoms with E-state index >= 15 is 0 Å². The first-order chi connectivity index (χ1) is 6.81. The molecular formula is C10H14N4. The molecule has 0 fully saturated rings. The van der Waals surface area contributed by atoms with Crippen molar-refractivity contribution in [2.24, 2.45) is 5.73 Å². The summed E-state index contributed by atoms with van der Waals surface area (Å²) >= 11 is 0. The number of rotatable bonds is 3. The van der Waals surface area contributed by atoms with Crippen LogP contribution in [0.4, 0.5) is 0 Å². The third kappa shape index (κ3) is 1.61. The van der Waals surface area contributed by atoms with Crippen LogP contribution < -0.4 is 5.73 Å². The molecule has 0 spiro atoms. The Morgan fingerprint density at radius 2 is 2.29 bits per heavy atom. The predicted molar refractivity (Wildman–Crippen MR) is 55.1 cm³/mol. The molecule has 14 heavy (non-hydrogen) atoms. The van der Waals surface area contributed by atoms with Gasteiger partial charge in [0.25, 0.3) is 0 Å². The maximum absolute atomic E-state index is 5.46. The van der Waals surface area contributed by atoms with Gasteiger partial charge in [0, 0.05) is 6.20 Å². The van der Waals surface area contributed by atoms with Crippen LogP contribution in [0.15, 0.2) is 18.3 Å². The zero-order valence-corrected chi connectivity index (χ0v) is 8.27. The lowest BCUT2D eigenvalue weighted by Crippen LogP contribution is -2.00. The number of nitrogens with zero attached hydrogens (tertiary/aromatic N) is 3. The maximum atomic E-state index is 5.46. The van der Waals surface area contributed by atoms with Crippen molar-refractivity contribution in [2.45, 2.75) is 19.8 Å². The van der Waals surface area contributed by atoms with Crippen LogP contribution >= 0.6 is 0 Å². The molecule has 2 aromatic rings. The van der Waals surface area contributed by atoms with E-state index in [1.54, 1.807) is 0 Å². The summed E-state index contributed by atoms with van der Waals surface area (Å²) in [6.07, 6.45) is 4.04. The number of hydrogen-bond acceptors (Lipinski definition) is 3. The van der Waals surface area contributed by atoms with E-state index < -0.39 is 0 Å². The Kier molecular flexibility index (Phi) is 2.45. The standard InChI is InChI=1S/C10H14N4/c1-8-12-13-10-7-9(3-2-5-11)4-6-14(8)10/h4,6-7H,2-3,5,11H2,1H3. The van der Waals surface area contributed by atoms with E-state index in [0.717, 1.165) is 30.9 Å². The summed E-state index contributed by atoms with van der Waals surface area (Å²) in [5.74, 6) is 0.922. The molecule has 74 valence electrons. The van der Waals surface area contributed by atoms with Crippen molar-refractivity contribution in [1.29, 1.82) is 0 Å². The molecule has 0 saturated heterocycles. The molecule has 4 nitrogen and oxygen atoms in total. The van der Waals surface area contributed by atoms with E-state index in [9.17, 15) is 0 Å². The van der Waals surface area contributed by atoms with Crippen LogP contribution in [0.3, 0.4) is 0 Å². The van der Waals surface area contributed by atoms with E-state index in [4.69, 9.17) is 5.73 Å². The van der Waals surface area contributed by atoms with Gasteiger partial charge in [-0.1, -0.05) is 0 Å². The molecule has 4 heteroatoms. The molecule has 0 atom stereocenters. The lowest BCUT2D eigenvalue weighted by atomic mass is 10.1. The minimum Gasteiger partial charge on any atom is -0.330 e. The predicted octanol–water partition coefficient (Wildman–Crippen LogP) is 0.929. The molecule has 2 N–H and O–H groups in total. The highest BCUT2D eigenvalue weighted by atomic mass is 15.2. The zero-order chi connectivity index (χ0) is 9.97. The van der Waals surface area contributed by atoms with E-state index in [1.165, 1.54) is 5.56 Å². The molecule has 0 radical (unpaired) electrons. The fourth-order valence-electron chi connectivity index (χ4n) is 1.51. The Balaban J connectivity index is 2.32. The zero-order valence-electron chi connectivity index (χ0n) is 8.27. The molecule has 0 aliphatic heterocycles. The van der Waals surface area contributed by atoms with Crippen LogP contribution in [0.5, 0.6) is 0 Å². The van der Waals surface area contributed by atoms with E-state index in [2.05, 4.69) is 22.3 Å². The van der Waals surface area contributed by atoms with Crippen molar-refractivity contribution >= 4 is 5.65 Å². The SMILES string of the molecule is Cc1nnc2cc(CCCN)ccn12. The van der Waals surface area contributed by atoms with Crippen LogP contribution in [0.25, 0.3) is 5.65 Å². The minimum atomic E-state index is 0.733. The van der Waals surface area contributed by atoms with Gasteiger partial charge >= 0.3 is 0 Å². The highest BCUT2D eigenvalue weighted by Gasteiger charge is 2.00. The van der Waals surface area contributed by atoms with Gasteiger partial charge in [-0.25, -0.2) is 0 Å². The smallest absolute Gasteiger partial charge is 0.161 e. The van der Waals surface area contributed by atoms with Crippen molar-refractivity contribution in [3.05, 3.63) is 29.7 Å². The van der Waals surface area contributed by atoms with Gasteiger partial charge in [-0.05, 0) is 44.0 Å². The molecule has 0 aliphatic carbocycles. The minimum absolute atomic E-state index is 0.733. The van der Waals surface area contributed by atoms with Crippen molar-refractivity contribution in [3.63, 3.8) is 0 Å². The summed E-state index contributed by atoms with van der Waals surface area (Å²) in [4.78, 5) is 0. The average Bonchev–Trinajstić information content (AvgIpc) is 2.57. The Labute approximate surface area is 82.8 Å². The average molecular weight is 190 g/mol. The van der Waals surface area contributed by atoms with Crippen LogP contribution in [0.1, 0.15) is 17.8 Å². The number of aryl methyl sites for hydroxylation is 2. The second-order valence-electron chi connectivity index (χ2n) is 3.40. The lowest BCUT2D eigenvalue weighted by molar-refractivity contribution is 0.831. The molecule has 0 aromatic carbocycles. The van der Waals surface area contributed by atoms with Crippen molar-refractivity contribution in [2.75, 3.05) is 6.54 Å². The normalized spacial score (nSPS) is 11.0. The van der Waals surface area contributed by atoms with Gasteiger partial charge in [0.05, 0.1) is 0 Å². The monoisotopic (exact) mass is 190 g/mol. The first-order valence-corrected chi connectivity index (χ1v) is 4.81. The topological polar surface area (TPSA) is 56.2 Å². The number of hydrogen-bond donors (Lipinski definition) is 1. The molecule has 2 rings (SSSR count). The third-order valence-corrected chi connectivity index (χ3v) is 2.31. The van der Waals surface area contributed by atoms with Gasteiger partial charge in [0.15, 0.2) is 5.65 Å². The van der Waals surface area contributed by atoms with E-state index in [-0.39, 0.29) is 0 Å². The number of aromatic nitrogens is 3. The summed E-state index contributed by atoms with van der Waals surface area (Å²) < 4.78 is 1.98. The van der Waals surface area contributed by atoms with Gasteiger partial charge in [-0.3, -0.25) is 4.40 Å². The summed E-state index contributed by atoms with van der Waals surface area (Å²) in [5, 5.41) is 8.07. The molecule has 0 aliphatic rings. The second kappa shape index (κ2) is 3.75. The highest BCUT2D eigenvalue weighted by molar-refractivity contribution is 5.41. The summed E-state index contributed by atoms with van der Waals surface area (Å²) in [7, 11) is 0. The Morgan fingerprint density at radius 1 is 1.43 bits per heavy atom. The number of fused-ring (bicyclic) bond motifs is 1. The van der Waals surface area contributed by atoms with Crippen LogP contribution in [-0.4, -0.2) is 21.1 Å². The molecule has 0 saturated carbocycles. The molecule has 0 amide bonds. The fourth-order valence-corrected chi connectivity index (χ4v) is 1.51. The molecule has 2 heterocycles. The number of nitrogens with two attached hydrogens (primary N) is 1. The highest BCUT2D eigenvalue weighted by Crippen LogP contribution is 2.08. The van der Waals surface area contributed by atoms with E-state index in [1.807, 2.05) is 17.5 Å². The van der Waals surface area contributed by atoms with Gasteiger partial charge in [-0.2, -0.15) is 0 Å². The molecule has 0 unspecified atom stereocenters. The van der Waals surface area contributed by atoms with Gasteiger partial charge in [-0.15, -0.1) is 10.2 Å². The van der Waals surface area contributed by atoms with Crippen LogP contribution in [0, 0.1) is 6.92 Å². The largest absolute Gasteiger partial charge is 0.330 e. The first-order valence-electron chi connectivity index (χ1n) is 4.81. The molecular weight excluding hydrogens is 176 g/mol. The lowest BCUT2D eigenvalue weighted by Gasteiger charge is -2.00. The Bertz CT molecular complexity index is 433. The Morgan fingerprint density at radius 3 is 3.07 bits per heavy atom. The van der Waals surface area contributed by atoms with Gasteiger partial charge in [0.1, 0.15) is 5.82 Å². The summed E-state index contributed by atoms with van der Waals surface area (Å²) in [6, 6.07) is 4.16. The number of pyridine rings is 1. The summed E-state index contributed by atoms with van der Waals surface area (Å²) in [6.45, 7) is 2.68. The summed E-state index contributed by atoms with van der Waals surface area (Å²) in [5.41, 5.74) is 7.65. The molecule has 0 bridgehead atoms. The van der Waals surface area contributed by atoms with E-state index in [0.29, 0.717) is 0 Å². The quantitative estimate of drug-likeness (QED) is 0.783. The van der Waals surface area contributed by atoms with Crippen LogP contribution in [0.2, 0.25) is 0 Å². The van der Waals surface area contributed by atoms with Crippen molar-refractivity contribution < 1.29 is 0 Å². The van der Waals surface area contributed by atoms with Crippen molar-refractivity contribution in [3.8, 4) is 0 Å². The fraction of sp³-hybridized carbons (Fsp3) is 0.400. The van der Waals surface area contributed by atoms with Crippen LogP contribution in [-0.2, 0) is 6.42 Å². The first kappa shape index (κ1) is 9.15. The van der Waals surface area contributed by atoms with Crippen molar-refractivity contribution in [1.82, 2.24) is 14.6 Å².